The van der Waals surface area contributed by atoms with Crippen LogP contribution < -0.4 is 15.2 Å². The molecule has 3 aliphatic rings. The van der Waals surface area contributed by atoms with Crippen LogP contribution in [-0.2, 0) is 22.9 Å². The van der Waals surface area contributed by atoms with Gasteiger partial charge in [-0.05, 0) is 49.7 Å². The summed E-state index contributed by atoms with van der Waals surface area (Å²) >= 11 is 0. The Balaban J connectivity index is 1.49. The van der Waals surface area contributed by atoms with Crippen LogP contribution in [0.5, 0.6) is 5.88 Å². The average Bonchev–Trinajstić information content (AvgIpc) is 3.33. The van der Waals surface area contributed by atoms with E-state index < -0.39 is 15.9 Å². The van der Waals surface area contributed by atoms with Gasteiger partial charge in [0.2, 0.25) is 5.88 Å². The lowest BCUT2D eigenvalue weighted by Crippen LogP contribution is -2.21. The molecule has 3 N–H and O–H groups in total. The van der Waals surface area contributed by atoms with Crippen molar-refractivity contribution in [2.45, 2.75) is 69.2 Å². The summed E-state index contributed by atoms with van der Waals surface area (Å²) in [5.41, 5.74) is 4.91. The van der Waals surface area contributed by atoms with E-state index in [0.29, 0.717) is 30.9 Å². The zero-order valence-corrected chi connectivity index (χ0v) is 18.0. The maximum atomic E-state index is 13.1. The average molecular weight is 431 g/mol. The molecule has 0 aromatic carbocycles. The summed E-state index contributed by atoms with van der Waals surface area (Å²) in [4.78, 5) is 17.9. The predicted octanol–water partition coefficient (Wildman–Crippen LogP) is 3.23. The van der Waals surface area contributed by atoms with Crippen LogP contribution in [0.3, 0.4) is 0 Å². The van der Waals surface area contributed by atoms with E-state index in [1.165, 1.54) is 6.20 Å². The van der Waals surface area contributed by atoms with Gasteiger partial charge >= 0.3 is 6.03 Å². The highest BCUT2D eigenvalue weighted by molar-refractivity contribution is 7.91. The van der Waals surface area contributed by atoms with Crippen LogP contribution in [0.1, 0.15) is 67.0 Å². The molecule has 0 bridgehead atoms. The van der Waals surface area contributed by atoms with Crippen molar-refractivity contribution >= 4 is 21.6 Å². The second-order valence-electron chi connectivity index (χ2n) is 8.40. The lowest BCUT2D eigenvalue weighted by molar-refractivity contribution is 0.224. The molecular weight excluding hydrogens is 404 g/mol. The first-order valence-corrected chi connectivity index (χ1v) is 12.0. The number of hydrogen-bond acceptors (Lipinski definition) is 5. The summed E-state index contributed by atoms with van der Waals surface area (Å²) in [6.45, 7) is 5.30. The lowest BCUT2D eigenvalue weighted by atomic mass is 10.0. The number of fused-ring (bicyclic) bond motifs is 2. The molecule has 0 saturated heterocycles. The summed E-state index contributed by atoms with van der Waals surface area (Å²) in [6, 6.07) is -0.726. The Labute approximate surface area is 175 Å². The molecule has 1 fully saturated rings. The highest BCUT2D eigenvalue weighted by Gasteiger charge is 2.33. The molecule has 10 heteroatoms. The fraction of sp³-hybridized carbons (Fsp3) is 0.550. The van der Waals surface area contributed by atoms with Crippen molar-refractivity contribution < 1.29 is 13.7 Å². The summed E-state index contributed by atoms with van der Waals surface area (Å²) in [6.07, 6.45) is 6.30. The van der Waals surface area contributed by atoms with Crippen molar-refractivity contribution in [3.8, 4) is 5.88 Å². The normalized spacial score (nSPS) is 21.9. The van der Waals surface area contributed by atoms with Gasteiger partial charge in [0.1, 0.15) is 4.90 Å². The number of nitrogens with one attached hydrogen (secondary N) is 1. The molecule has 30 heavy (non-hydrogen) atoms. The Morgan fingerprint density at radius 2 is 2.17 bits per heavy atom. The second-order valence-corrected chi connectivity index (χ2v) is 10.2. The molecule has 2 aromatic rings. The van der Waals surface area contributed by atoms with Gasteiger partial charge in [-0.25, -0.2) is 18.8 Å². The number of carbonyl (C=O) groups is 1. The summed E-state index contributed by atoms with van der Waals surface area (Å²) in [7, 11) is -3.49. The molecule has 0 spiro atoms. The summed E-state index contributed by atoms with van der Waals surface area (Å²) in [5, 5.41) is 13.0. The summed E-state index contributed by atoms with van der Waals surface area (Å²) < 4.78 is 24.1. The third-order valence-corrected chi connectivity index (χ3v) is 7.49. The van der Waals surface area contributed by atoms with Gasteiger partial charge in [0.15, 0.2) is 9.92 Å². The number of aryl methyl sites for hydroxylation is 1. The number of carbonyl (C=O) groups excluding carboxylic acids is 1. The van der Waals surface area contributed by atoms with E-state index in [-0.39, 0.29) is 4.90 Å². The minimum atomic E-state index is -3.49. The molecule has 0 radical (unpaired) electrons. The van der Waals surface area contributed by atoms with Gasteiger partial charge in [0.05, 0.1) is 18.5 Å². The zero-order chi connectivity index (χ0) is 21.0. The van der Waals surface area contributed by atoms with Crippen LogP contribution in [0, 0.1) is 6.92 Å². The molecule has 3 heterocycles. The highest BCUT2D eigenvalue weighted by atomic mass is 32.2. The first-order valence-electron chi connectivity index (χ1n) is 10.4. The zero-order valence-electron chi connectivity index (χ0n) is 17.2. The molecule has 2 aromatic heterocycles. The maximum Gasteiger partial charge on any atom is 0.354 e. The molecule has 2 amide bonds. The van der Waals surface area contributed by atoms with Gasteiger partial charge in [0, 0.05) is 30.3 Å². The first kappa shape index (κ1) is 19.5. The van der Waals surface area contributed by atoms with Gasteiger partial charge in [-0.3, -0.25) is 4.98 Å². The number of rotatable bonds is 3. The topological polar surface area (TPSA) is 124 Å². The van der Waals surface area contributed by atoms with E-state index in [9.17, 15) is 9.00 Å². The predicted molar refractivity (Wildman–Crippen MR) is 112 cm³/mol. The number of nitrogens with zero attached hydrogens (tertiary/aromatic N) is 4. The number of hydrogen-bond donors (Lipinski definition) is 2. The standard InChI is InChI=1S/C20H26N6O3S/c1-11-4-7-14-16(11)23-17(13-5-6-13)12(2)18(14)24-20(27)25-30(21,28)15-10-22-26-8-3-9-29-19(15)26/h10-11,13H,3-9H2,1-2H3,(H3,21,23,24,25,27,28). The molecule has 160 valence electrons. The van der Waals surface area contributed by atoms with Crippen LogP contribution in [0.2, 0.25) is 0 Å². The minimum Gasteiger partial charge on any atom is -0.477 e. The quantitative estimate of drug-likeness (QED) is 0.773. The smallest absolute Gasteiger partial charge is 0.354 e. The molecule has 2 atom stereocenters. The number of ether oxygens (including phenoxy) is 1. The highest BCUT2D eigenvalue weighted by Crippen LogP contribution is 2.46. The van der Waals surface area contributed by atoms with Crippen molar-refractivity contribution in [3.63, 3.8) is 0 Å². The van der Waals surface area contributed by atoms with Crippen LogP contribution in [-0.4, -0.2) is 31.6 Å². The molecule has 1 aliphatic heterocycles. The van der Waals surface area contributed by atoms with Gasteiger partial charge in [0.25, 0.3) is 0 Å². The number of aromatic nitrogens is 3. The fourth-order valence-electron chi connectivity index (χ4n) is 4.39. The lowest BCUT2D eigenvalue weighted by Gasteiger charge is -2.17. The largest absolute Gasteiger partial charge is 0.477 e. The van der Waals surface area contributed by atoms with Crippen molar-refractivity contribution in [2.75, 3.05) is 11.9 Å². The number of nitrogens with two attached hydrogens (primary N) is 1. The van der Waals surface area contributed by atoms with E-state index in [1.54, 1.807) is 4.68 Å². The molecule has 2 aliphatic carbocycles. The summed E-state index contributed by atoms with van der Waals surface area (Å²) in [5.74, 6) is 1.15. The van der Waals surface area contributed by atoms with E-state index in [4.69, 9.17) is 14.9 Å². The van der Waals surface area contributed by atoms with E-state index >= 15 is 0 Å². The number of pyridine rings is 1. The monoisotopic (exact) mass is 430 g/mol. The van der Waals surface area contributed by atoms with Gasteiger partial charge < -0.3 is 10.1 Å². The molecular formula is C20H26N6O3S. The Bertz CT molecular complexity index is 1160. The Hall–Kier alpha value is -2.46. The van der Waals surface area contributed by atoms with Crippen LogP contribution >= 0.6 is 0 Å². The fourth-order valence-corrected chi connectivity index (χ4v) is 5.40. The van der Waals surface area contributed by atoms with Crippen molar-refractivity contribution in [3.05, 3.63) is 28.7 Å². The van der Waals surface area contributed by atoms with E-state index in [1.807, 2.05) is 6.92 Å². The molecule has 2 unspecified atom stereocenters. The van der Waals surface area contributed by atoms with E-state index in [0.717, 1.165) is 60.3 Å². The molecule has 9 nitrogen and oxygen atoms in total. The van der Waals surface area contributed by atoms with Gasteiger partial charge in [-0.2, -0.15) is 5.10 Å². The van der Waals surface area contributed by atoms with Crippen molar-refractivity contribution in [1.29, 1.82) is 0 Å². The third-order valence-electron chi connectivity index (χ3n) is 6.15. The third kappa shape index (κ3) is 3.27. The maximum absolute atomic E-state index is 13.1. The number of urea groups is 1. The van der Waals surface area contributed by atoms with Crippen molar-refractivity contribution in [2.24, 2.45) is 9.50 Å². The minimum absolute atomic E-state index is 0.154. The van der Waals surface area contributed by atoms with Crippen LogP contribution in [0.25, 0.3) is 0 Å². The SMILES string of the molecule is Cc1c(C2CC2)nc2c(c1NC(=O)N=S(N)(=O)c1cnn3c1OCCC3)CCC2C. The number of anilines is 1. The van der Waals surface area contributed by atoms with Crippen LogP contribution in [0.4, 0.5) is 10.5 Å². The second kappa shape index (κ2) is 7.05. The Morgan fingerprint density at radius 1 is 1.37 bits per heavy atom. The molecule has 1 saturated carbocycles. The number of amides is 2. The Kier molecular flexibility index (Phi) is 4.59. The van der Waals surface area contributed by atoms with Crippen molar-refractivity contribution in [1.82, 2.24) is 14.8 Å². The van der Waals surface area contributed by atoms with E-state index in [2.05, 4.69) is 21.7 Å². The van der Waals surface area contributed by atoms with Crippen LogP contribution in [0.15, 0.2) is 15.5 Å². The van der Waals surface area contributed by atoms with Gasteiger partial charge in [-0.15, -0.1) is 4.36 Å². The van der Waals surface area contributed by atoms with Gasteiger partial charge in [-0.1, -0.05) is 6.92 Å². The molecule has 5 rings (SSSR count). The first-order chi connectivity index (χ1) is 14.3. The Morgan fingerprint density at radius 3 is 2.93 bits per heavy atom.